The first-order chi connectivity index (χ1) is 10.0. The molecule has 2 N–H and O–H groups in total. The third-order valence-corrected chi connectivity index (χ3v) is 4.74. The second kappa shape index (κ2) is 5.89. The Morgan fingerprint density at radius 2 is 2.14 bits per heavy atom. The maximum atomic E-state index is 6.51. The lowest BCUT2D eigenvalue weighted by atomic mass is 9.76. The lowest BCUT2D eigenvalue weighted by Gasteiger charge is -2.33. The predicted molar refractivity (Wildman–Crippen MR) is 84.7 cm³/mol. The highest BCUT2D eigenvalue weighted by Gasteiger charge is 2.36. The number of hydrogen-bond donors (Lipinski definition) is 1. The number of halogens is 1. The Kier molecular flexibility index (Phi) is 4.13. The highest BCUT2D eigenvalue weighted by Crippen LogP contribution is 2.36. The summed E-state index contributed by atoms with van der Waals surface area (Å²) in [5.41, 5.74) is 7.24. The average molecular weight is 350 g/mol. The van der Waals surface area contributed by atoms with Crippen LogP contribution in [0.5, 0.6) is 0 Å². The van der Waals surface area contributed by atoms with E-state index in [0.29, 0.717) is 24.1 Å². The minimum Gasteiger partial charge on any atom is -0.339 e. The van der Waals surface area contributed by atoms with Crippen LogP contribution in [0.1, 0.15) is 49.9 Å². The summed E-state index contributed by atoms with van der Waals surface area (Å²) in [6, 6.07) is 8.13. The highest BCUT2D eigenvalue weighted by atomic mass is 79.9. The van der Waals surface area contributed by atoms with Crippen molar-refractivity contribution in [3.8, 4) is 0 Å². The molecule has 4 nitrogen and oxygen atoms in total. The molecule has 3 rings (SSSR count). The van der Waals surface area contributed by atoms with Gasteiger partial charge in [-0.3, -0.25) is 0 Å². The van der Waals surface area contributed by atoms with Crippen molar-refractivity contribution in [2.24, 2.45) is 11.7 Å². The molecule has 1 aliphatic rings. The first kappa shape index (κ1) is 14.7. The molecule has 1 aromatic carbocycles. The van der Waals surface area contributed by atoms with Gasteiger partial charge in [-0.15, -0.1) is 0 Å². The first-order valence-corrected chi connectivity index (χ1v) is 8.21. The van der Waals surface area contributed by atoms with Crippen LogP contribution in [-0.4, -0.2) is 10.1 Å². The van der Waals surface area contributed by atoms with Crippen LogP contribution in [0.2, 0.25) is 0 Å². The molecule has 2 atom stereocenters. The van der Waals surface area contributed by atoms with Crippen LogP contribution in [0, 0.1) is 5.92 Å². The van der Waals surface area contributed by atoms with Crippen molar-refractivity contribution in [3.63, 3.8) is 0 Å². The van der Waals surface area contributed by atoms with Crippen LogP contribution in [0.25, 0.3) is 0 Å². The van der Waals surface area contributed by atoms with E-state index in [1.807, 2.05) is 12.1 Å². The van der Waals surface area contributed by atoms with Crippen LogP contribution in [0.15, 0.2) is 33.3 Å². The number of nitrogens with two attached hydrogens (primary N) is 1. The van der Waals surface area contributed by atoms with Crippen molar-refractivity contribution < 1.29 is 4.52 Å². The van der Waals surface area contributed by atoms with E-state index >= 15 is 0 Å². The van der Waals surface area contributed by atoms with E-state index in [2.05, 4.69) is 45.1 Å². The molecule has 1 aromatic heterocycles. The van der Waals surface area contributed by atoms with E-state index in [-0.39, 0.29) is 0 Å². The third-order valence-electron chi connectivity index (χ3n) is 4.21. The minimum absolute atomic E-state index is 0.418. The van der Waals surface area contributed by atoms with Gasteiger partial charge in [-0.1, -0.05) is 53.0 Å². The largest absolute Gasteiger partial charge is 0.339 e. The first-order valence-electron chi connectivity index (χ1n) is 7.41. The average Bonchev–Trinajstić information content (AvgIpc) is 2.90. The van der Waals surface area contributed by atoms with Crippen LogP contribution < -0.4 is 5.73 Å². The second-order valence-electron chi connectivity index (χ2n) is 6.17. The van der Waals surface area contributed by atoms with Crippen LogP contribution in [0.4, 0.5) is 0 Å². The number of hydrogen-bond acceptors (Lipinski definition) is 4. The summed E-state index contributed by atoms with van der Waals surface area (Å²) >= 11 is 3.43. The van der Waals surface area contributed by atoms with Crippen molar-refractivity contribution in [1.29, 1.82) is 0 Å². The van der Waals surface area contributed by atoms with Gasteiger partial charge in [0.1, 0.15) is 0 Å². The Morgan fingerprint density at radius 3 is 2.86 bits per heavy atom. The van der Waals surface area contributed by atoms with Gasteiger partial charge in [-0.25, -0.2) is 0 Å². The summed E-state index contributed by atoms with van der Waals surface area (Å²) in [5, 5.41) is 4.14. The molecule has 5 heteroatoms. The fourth-order valence-electron chi connectivity index (χ4n) is 3.10. The standard InChI is InChI=1S/C16H20BrN3O/c1-11-3-2-8-16(18,10-11)15-19-14(21-20-15)9-12-4-6-13(17)7-5-12/h4-7,11H,2-3,8-10,18H2,1H3. The molecule has 0 bridgehead atoms. The zero-order chi connectivity index (χ0) is 14.9. The van der Waals surface area contributed by atoms with Crippen LogP contribution >= 0.6 is 15.9 Å². The van der Waals surface area contributed by atoms with Gasteiger partial charge in [-0.05, 0) is 36.5 Å². The van der Waals surface area contributed by atoms with Crippen molar-refractivity contribution in [1.82, 2.24) is 10.1 Å². The van der Waals surface area contributed by atoms with Crippen molar-refractivity contribution in [3.05, 3.63) is 46.0 Å². The van der Waals surface area contributed by atoms with E-state index in [0.717, 1.165) is 29.3 Å². The van der Waals surface area contributed by atoms with Gasteiger partial charge in [0.25, 0.3) is 0 Å². The molecule has 0 amide bonds. The number of nitrogens with zero attached hydrogens (tertiary/aromatic N) is 2. The summed E-state index contributed by atoms with van der Waals surface area (Å²) < 4.78 is 6.46. The number of benzene rings is 1. The summed E-state index contributed by atoms with van der Waals surface area (Å²) in [4.78, 5) is 4.54. The Balaban J connectivity index is 1.75. The van der Waals surface area contributed by atoms with Gasteiger partial charge in [-0.2, -0.15) is 4.98 Å². The second-order valence-corrected chi connectivity index (χ2v) is 7.09. The molecule has 0 spiro atoms. The zero-order valence-corrected chi connectivity index (χ0v) is 13.8. The Bertz CT molecular complexity index is 610. The topological polar surface area (TPSA) is 64.9 Å². The van der Waals surface area contributed by atoms with Gasteiger partial charge < -0.3 is 10.3 Å². The fraction of sp³-hybridized carbons (Fsp3) is 0.500. The van der Waals surface area contributed by atoms with E-state index in [1.165, 1.54) is 6.42 Å². The normalized spacial score (nSPS) is 26.0. The number of rotatable bonds is 3. The Hall–Kier alpha value is -1.20. The van der Waals surface area contributed by atoms with Gasteiger partial charge in [0.15, 0.2) is 5.82 Å². The molecule has 0 saturated heterocycles. The molecule has 1 saturated carbocycles. The Labute approximate surface area is 133 Å². The minimum atomic E-state index is -0.418. The van der Waals surface area contributed by atoms with Crippen molar-refractivity contribution in [2.75, 3.05) is 0 Å². The maximum Gasteiger partial charge on any atom is 0.231 e. The molecule has 0 radical (unpaired) electrons. The molecule has 21 heavy (non-hydrogen) atoms. The van der Waals surface area contributed by atoms with Crippen molar-refractivity contribution in [2.45, 2.75) is 44.6 Å². The SMILES string of the molecule is CC1CCCC(N)(c2noc(Cc3ccc(Br)cc3)n2)C1. The highest BCUT2D eigenvalue weighted by molar-refractivity contribution is 9.10. The van der Waals surface area contributed by atoms with Gasteiger partial charge in [0.05, 0.1) is 12.0 Å². The summed E-state index contributed by atoms with van der Waals surface area (Å²) in [6.45, 7) is 2.24. The van der Waals surface area contributed by atoms with Crippen molar-refractivity contribution >= 4 is 15.9 Å². The summed E-state index contributed by atoms with van der Waals surface area (Å²) in [6.07, 6.45) is 4.89. The smallest absolute Gasteiger partial charge is 0.231 e. The maximum absolute atomic E-state index is 6.51. The molecule has 1 heterocycles. The number of aromatic nitrogens is 2. The van der Waals surface area contributed by atoms with Gasteiger partial charge in [0.2, 0.25) is 5.89 Å². The summed E-state index contributed by atoms with van der Waals surface area (Å²) in [5.74, 6) is 1.92. The summed E-state index contributed by atoms with van der Waals surface area (Å²) in [7, 11) is 0. The Morgan fingerprint density at radius 1 is 1.38 bits per heavy atom. The molecule has 1 aliphatic carbocycles. The molecular weight excluding hydrogens is 330 g/mol. The molecular formula is C16H20BrN3O. The van der Waals surface area contributed by atoms with Crippen LogP contribution in [0.3, 0.4) is 0 Å². The lowest BCUT2D eigenvalue weighted by molar-refractivity contribution is 0.221. The van der Waals surface area contributed by atoms with Gasteiger partial charge >= 0.3 is 0 Å². The van der Waals surface area contributed by atoms with E-state index in [1.54, 1.807) is 0 Å². The quantitative estimate of drug-likeness (QED) is 0.915. The fourth-order valence-corrected chi connectivity index (χ4v) is 3.37. The molecule has 0 aliphatic heterocycles. The molecule has 112 valence electrons. The molecule has 2 unspecified atom stereocenters. The molecule has 2 aromatic rings. The van der Waals surface area contributed by atoms with Crippen LogP contribution in [-0.2, 0) is 12.0 Å². The lowest BCUT2D eigenvalue weighted by Crippen LogP contribution is -2.42. The molecule has 1 fully saturated rings. The van der Waals surface area contributed by atoms with Gasteiger partial charge in [0, 0.05) is 4.47 Å². The van der Waals surface area contributed by atoms with E-state index in [4.69, 9.17) is 10.3 Å². The van der Waals surface area contributed by atoms with E-state index in [9.17, 15) is 0 Å². The van der Waals surface area contributed by atoms with E-state index < -0.39 is 5.54 Å². The monoisotopic (exact) mass is 349 g/mol. The third kappa shape index (κ3) is 3.35. The predicted octanol–water partition coefficient (Wildman–Crippen LogP) is 3.79. The zero-order valence-electron chi connectivity index (χ0n) is 12.2.